The zero-order valence-corrected chi connectivity index (χ0v) is 8.23. The van der Waals surface area contributed by atoms with Gasteiger partial charge in [0, 0.05) is 6.04 Å². The second kappa shape index (κ2) is 5.36. The Hall–Kier alpha value is -0.300. The summed E-state index contributed by atoms with van der Waals surface area (Å²) in [5.41, 5.74) is 1.46. The molecule has 0 aliphatic heterocycles. The van der Waals surface area contributed by atoms with E-state index in [-0.39, 0.29) is 0 Å². The molecule has 1 atom stereocenters. The Morgan fingerprint density at radius 3 is 2.92 bits per heavy atom. The summed E-state index contributed by atoms with van der Waals surface area (Å²) >= 11 is 0. The van der Waals surface area contributed by atoms with Crippen molar-refractivity contribution in [3.05, 3.63) is 12.2 Å². The van der Waals surface area contributed by atoms with E-state index in [9.17, 15) is 0 Å². The van der Waals surface area contributed by atoms with Crippen molar-refractivity contribution in [2.75, 3.05) is 6.54 Å². The van der Waals surface area contributed by atoms with Crippen LogP contribution in [0.1, 0.15) is 45.4 Å². The van der Waals surface area contributed by atoms with Crippen LogP contribution >= 0.6 is 0 Å². The van der Waals surface area contributed by atoms with Crippen LogP contribution in [0.25, 0.3) is 0 Å². The molecule has 1 fully saturated rings. The lowest BCUT2D eigenvalue weighted by molar-refractivity contribution is 0.427. The monoisotopic (exact) mass is 167 g/mol. The van der Waals surface area contributed by atoms with Crippen molar-refractivity contribution in [3.8, 4) is 0 Å². The van der Waals surface area contributed by atoms with Gasteiger partial charge in [0.2, 0.25) is 0 Å². The molecule has 1 heteroatoms. The average Bonchev–Trinajstić information content (AvgIpc) is 2.04. The second-order valence-electron chi connectivity index (χ2n) is 3.79. The molecule has 1 aliphatic carbocycles. The van der Waals surface area contributed by atoms with Crippen molar-refractivity contribution in [3.63, 3.8) is 0 Å². The molecular weight excluding hydrogens is 146 g/mol. The maximum atomic E-state index is 4.08. The summed E-state index contributed by atoms with van der Waals surface area (Å²) in [6, 6.07) is 0.757. The molecule has 0 amide bonds. The molecule has 1 nitrogen and oxygen atoms in total. The van der Waals surface area contributed by atoms with Gasteiger partial charge in [-0.2, -0.15) is 0 Å². The lowest BCUT2D eigenvalue weighted by atomic mass is 9.94. The van der Waals surface area contributed by atoms with Crippen LogP contribution in [0.15, 0.2) is 12.2 Å². The minimum Gasteiger partial charge on any atom is -0.314 e. The normalized spacial score (nSPS) is 26.4. The van der Waals surface area contributed by atoms with Crippen LogP contribution < -0.4 is 5.32 Å². The zero-order chi connectivity index (χ0) is 8.81. The van der Waals surface area contributed by atoms with E-state index in [1.807, 2.05) is 0 Å². The smallest absolute Gasteiger partial charge is 0.00699 e. The van der Waals surface area contributed by atoms with Gasteiger partial charge in [-0.3, -0.25) is 0 Å². The summed E-state index contributed by atoms with van der Waals surface area (Å²) < 4.78 is 0. The van der Waals surface area contributed by atoms with Crippen LogP contribution in [0, 0.1) is 0 Å². The molecule has 0 spiro atoms. The highest BCUT2D eigenvalue weighted by Gasteiger charge is 2.10. The van der Waals surface area contributed by atoms with E-state index >= 15 is 0 Å². The highest BCUT2D eigenvalue weighted by atomic mass is 14.9. The Kier molecular flexibility index (Phi) is 4.37. The van der Waals surface area contributed by atoms with Gasteiger partial charge >= 0.3 is 0 Å². The number of nitrogens with one attached hydrogen (secondary N) is 1. The van der Waals surface area contributed by atoms with Gasteiger partial charge in [0.1, 0.15) is 0 Å². The lowest BCUT2D eigenvalue weighted by Crippen LogP contribution is -2.29. The molecule has 12 heavy (non-hydrogen) atoms. The number of allylic oxidation sites excluding steroid dienone is 1. The molecule has 0 saturated heterocycles. The Balaban J connectivity index is 2.28. The molecule has 0 aromatic carbocycles. The third-order valence-corrected chi connectivity index (χ3v) is 2.67. The Morgan fingerprint density at radius 1 is 1.33 bits per heavy atom. The molecule has 1 N–H and O–H groups in total. The minimum absolute atomic E-state index is 0.757. The number of hydrogen-bond donors (Lipinski definition) is 1. The largest absolute Gasteiger partial charge is 0.314 e. The van der Waals surface area contributed by atoms with E-state index in [1.165, 1.54) is 44.1 Å². The van der Waals surface area contributed by atoms with E-state index < -0.39 is 0 Å². The highest BCUT2D eigenvalue weighted by molar-refractivity contribution is 4.96. The van der Waals surface area contributed by atoms with Crippen LogP contribution in [0.4, 0.5) is 0 Å². The van der Waals surface area contributed by atoms with Gasteiger partial charge in [-0.25, -0.2) is 0 Å². The molecule has 0 aromatic rings. The molecule has 1 rings (SSSR count). The molecule has 0 aromatic heterocycles. The Bertz CT molecular complexity index is 140. The first kappa shape index (κ1) is 9.79. The summed E-state index contributed by atoms with van der Waals surface area (Å²) in [5.74, 6) is 0. The summed E-state index contributed by atoms with van der Waals surface area (Å²) in [4.78, 5) is 0. The van der Waals surface area contributed by atoms with Crippen LogP contribution in [0.2, 0.25) is 0 Å². The maximum Gasteiger partial charge on any atom is 0.00699 e. The quantitative estimate of drug-likeness (QED) is 0.624. The van der Waals surface area contributed by atoms with Crippen molar-refractivity contribution in [1.29, 1.82) is 0 Å². The summed E-state index contributed by atoms with van der Waals surface area (Å²) in [6.07, 6.45) is 7.88. The van der Waals surface area contributed by atoms with Crippen molar-refractivity contribution >= 4 is 0 Å². The van der Waals surface area contributed by atoms with E-state index in [1.54, 1.807) is 0 Å². The number of rotatable bonds is 2. The predicted molar refractivity (Wildman–Crippen MR) is 54.3 cm³/mol. The van der Waals surface area contributed by atoms with Gasteiger partial charge < -0.3 is 5.32 Å². The molecule has 0 radical (unpaired) electrons. The molecule has 0 heterocycles. The molecule has 70 valence electrons. The maximum absolute atomic E-state index is 4.08. The fraction of sp³-hybridized carbons (Fsp3) is 0.818. The lowest BCUT2D eigenvalue weighted by Gasteiger charge is -2.21. The van der Waals surface area contributed by atoms with E-state index in [0.717, 1.165) is 12.6 Å². The van der Waals surface area contributed by atoms with Crippen LogP contribution in [-0.2, 0) is 0 Å². The third kappa shape index (κ3) is 3.40. The first-order chi connectivity index (χ1) is 5.83. The fourth-order valence-electron chi connectivity index (χ4n) is 1.91. The van der Waals surface area contributed by atoms with Gasteiger partial charge in [-0.15, -0.1) is 0 Å². The van der Waals surface area contributed by atoms with E-state index in [2.05, 4.69) is 18.8 Å². The first-order valence-electron chi connectivity index (χ1n) is 5.23. The standard InChI is InChI=1S/C11H21N/c1-3-12-11-7-5-4-6-10(2)8-9-11/h11-12H,2-9H2,1H3. The molecule has 1 aliphatic rings. The van der Waals surface area contributed by atoms with Gasteiger partial charge in [-0.1, -0.05) is 25.5 Å². The summed E-state index contributed by atoms with van der Waals surface area (Å²) in [5, 5.41) is 3.53. The number of hydrogen-bond acceptors (Lipinski definition) is 1. The Labute approximate surface area is 76.2 Å². The van der Waals surface area contributed by atoms with Gasteiger partial charge in [0.15, 0.2) is 0 Å². The summed E-state index contributed by atoms with van der Waals surface area (Å²) in [6.45, 7) is 7.38. The fourth-order valence-corrected chi connectivity index (χ4v) is 1.91. The van der Waals surface area contributed by atoms with Crippen molar-refractivity contribution in [2.24, 2.45) is 0 Å². The van der Waals surface area contributed by atoms with Crippen LogP contribution in [0.5, 0.6) is 0 Å². The second-order valence-corrected chi connectivity index (χ2v) is 3.79. The SMILES string of the molecule is C=C1CCCCC(NCC)CC1. The predicted octanol–water partition coefficient (Wildman–Crippen LogP) is 2.87. The van der Waals surface area contributed by atoms with Crippen LogP contribution in [-0.4, -0.2) is 12.6 Å². The molecular formula is C11H21N. The van der Waals surface area contributed by atoms with Crippen LogP contribution in [0.3, 0.4) is 0 Å². The van der Waals surface area contributed by atoms with Crippen molar-refractivity contribution < 1.29 is 0 Å². The van der Waals surface area contributed by atoms with E-state index in [4.69, 9.17) is 0 Å². The molecule has 0 bridgehead atoms. The van der Waals surface area contributed by atoms with Gasteiger partial charge in [0.05, 0.1) is 0 Å². The Morgan fingerprint density at radius 2 is 2.17 bits per heavy atom. The molecule has 1 saturated carbocycles. The van der Waals surface area contributed by atoms with Crippen molar-refractivity contribution in [1.82, 2.24) is 5.32 Å². The summed E-state index contributed by atoms with van der Waals surface area (Å²) in [7, 11) is 0. The average molecular weight is 167 g/mol. The highest BCUT2D eigenvalue weighted by Crippen LogP contribution is 2.20. The van der Waals surface area contributed by atoms with Gasteiger partial charge in [-0.05, 0) is 38.6 Å². The topological polar surface area (TPSA) is 12.0 Å². The zero-order valence-electron chi connectivity index (χ0n) is 8.23. The first-order valence-corrected chi connectivity index (χ1v) is 5.23. The third-order valence-electron chi connectivity index (χ3n) is 2.67. The van der Waals surface area contributed by atoms with Crippen molar-refractivity contribution in [2.45, 2.75) is 51.5 Å². The minimum atomic E-state index is 0.757. The molecule has 1 unspecified atom stereocenters. The van der Waals surface area contributed by atoms with Gasteiger partial charge in [0.25, 0.3) is 0 Å². The van der Waals surface area contributed by atoms with E-state index in [0.29, 0.717) is 0 Å².